The average Bonchev–Trinajstić information content (AvgIpc) is 3.58. The van der Waals surface area contributed by atoms with Gasteiger partial charge in [-0.2, -0.15) is 13.2 Å². The number of ether oxygens (including phenoxy) is 1. The molecule has 4 nitrogen and oxygen atoms in total. The Bertz CT molecular complexity index is 908. The summed E-state index contributed by atoms with van der Waals surface area (Å²) >= 11 is 0. The van der Waals surface area contributed by atoms with Crippen molar-refractivity contribution in [3.05, 3.63) is 64.7 Å². The fourth-order valence-electron chi connectivity index (χ4n) is 3.80. The maximum Gasteiger partial charge on any atom is 0.392 e. The molecule has 1 N–H and O–H groups in total. The molecule has 1 fully saturated rings. The van der Waals surface area contributed by atoms with Crippen molar-refractivity contribution in [1.29, 1.82) is 0 Å². The Morgan fingerprint density at radius 1 is 1.06 bits per heavy atom. The van der Waals surface area contributed by atoms with Crippen LogP contribution in [0.4, 0.5) is 13.2 Å². The van der Waals surface area contributed by atoms with Gasteiger partial charge in [-0.05, 0) is 53.6 Å². The molecule has 0 saturated heterocycles. The zero-order valence-electron chi connectivity index (χ0n) is 17.4. The van der Waals surface area contributed by atoms with Gasteiger partial charge in [-0.15, -0.1) is 0 Å². The van der Waals surface area contributed by atoms with Crippen molar-refractivity contribution >= 4 is 5.91 Å². The Morgan fingerprint density at radius 2 is 1.81 bits per heavy atom. The van der Waals surface area contributed by atoms with Gasteiger partial charge in [0.05, 0.1) is 13.0 Å². The van der Waals surface area contributed by atoms with E-state index in [1.54, 1.807) is 6.07 Å². The van der Waals surface area contributed by atoms with E-state index in [2.05, 4.69) is 34.5 Å². The van der Waals surface area contributed by atoms with Crippen molar-refractivity contribution in [3.63, 3.8) is 0 Å². The molecule has 31 heavy (non-hydrogen) atoms. The monoisotopic (exact) mass is 432 g/mol. The van der Waals surface area contributed by atoms with Crippen LogP contribution in [0.1, 0.15) is 41.5 Å². The second-order valence-electron chi connectivity index (χ2n) is 8.41. The zero-order valence-corrected chi connectivity index (χ0v) is 17.4. The molecular weight excluding hydrogens is 405 g/mol. The van der Waals surface area contributed by atoms with Gasteiger partial charge in [-0.3, -0.25) is 9.69 Å². The minimum absolute atomic E-state index is 0.157. The standard InChI is InChI=1S/C24H27F3N2O2/c25-24(26,27)10-12-31-22-8-7-21-16-29(11-9-20(21)13-22)15-18-3-1-17(2-4-18)14-28-23(30)19-5-6-19/h1-4,7-8,13,19H,5-6,9-12,14-16H2,(H,28,30). The summed E-state index contributed by atoms with van der Waals surface area (Å²) in [6.45, 7) is 2.74. The Balaban J connectivity index is 1.26. The van der Waals surface area contributed by atoms with Crippen LogP contribution in [0.2, 0.25) is 0 Å². The molecule has 4 rings (SSSR count). The van der Waals surface area contributed by atoms with E-state index < -0.39 is 12.6 Å². The third-order valence-corrected chi connectivity index (χ3v) is 5.77. The Hall–Kier alpha value is -2.54. The first kappa shape index (κ1) is 21.7. The lowest BCUT2D eigenvalue weighted by molar-refractivity contribution is -0.139. The van der Waals surface area contributed by atoms with Crippen LogP contribution in [0.5, 0.6) is 5.75 Å². The first-order valence-electron chi connectivity index (χ1n) is 10.7. The van der Waals surface area contributed by atoms with E-state index in [-0.39, 0.29) is 18.4 Å². The Morgan fingerprint density at radius 3 is 2.52 bits per heavy atom. The van der Waals surface area contributed by atoms with Crippen LogP contribution in [-0.4, -0.2) is 30.1 Å². The molecule has 2 aromatic carbocycles. The highest BCUT2D eigenvalue weighted by Crippen LogP contribution is 2.29. The van der Waals surface area contributed by atoms with Gasteiger partial charge in [-0.25, -0.2) is 0 Å². The summed E-state index contributed by atoms with van der Waals surface area (Å²) in [6, 6.07) is 13.9. The number of benzene rings is 2. The minimum Gasteiger partial charge on any atom is -0.493 e. The number of nitrogens with zero attached hydrogens (tertiary/aromatic N) is 1. The molecule has 7 heteroatoms. The van der Waals surface area contributed by atoms with Crippen molar-refractivity contribution in [2.75, 3.05) is 13.2 Å². The summed E-state index contributed by atoms with van der Waals surface area (Å²) in [5.74, 6) is 0.884. The second kappa shape index (κ2) is 9.30. The summed E-state index contributed by atoms with van der Waals surface area (Å²) in [6.07, 6.45) is -2.27. The molecule has 0 bridgehead atoms. The summed E-state index contributed by atoms with van der Waals surface area (Å²) in [4.78, 5) is 14.1. The molecule has 1 heterocycles. The predicted octanol–water partition coefficient (Wildman–Crippen LogP) is 4.60. The number of halogens is 3. The first-order valence-corrected chi connectivity index (χ1v) is 10.7. The van der Waals surface area contributed by atoms with Gasteiger partial charge in [0.1, 0.15) is 5.75 Å². The number of nitrogens with one attached hydrogen (secondary N) is 1. The van der Waals surface area contributed by atoms with Gasteiger partial charge in [0.2, 0.25) is 5.91 Å². The van der Waals surface area contributed by atoms with Crippen molar-refractivity contribution in [2.45, 2.75) is 51.5 Å². The van der Waals surface area contributed by atoms with Crippen LogP contribution < -0.4 is 10.1 Å². The van der Waals surface area contributed by atoms with Crippen LogP contribution in [0.3, 0.4) is 0 Å². The van der Waals surface area contributed by atoms with Crippen molar-refractivity contribution in [1.82, 2.24) is 10.2 Å². The summed E-state index contributed by atoms with van der Waals surface area (Å²) < 4.78 is 42.1. The number of hydrogen-bond donors (Lipinski definition) is 1. The Kier molecular flexibility index (Phi) is 6.51. The molecule has 0 spiro atoms. The lowest BCUT2D eigenvalue weighted by atomic mass is 9.99. The molecule has 0 atom stereocenters. The third-order valence-electron chi connectivity index (χ3n) is 5.77. The predicted molar refractivity (Wildman–Crippen MR) is 111 cm³/mol. The van der Waals surface area contributed by atoms with Crippen LogP contribution >= 0.6 is 0 Å². The number of carbonyl (C=O) groups excluding carboxylic acids is 1. The molecular formula is C24H27F3N2O2. The summed E-state index contributed by atoms with van der Waals surface area (Å²) in [7, 11) is 0. The normalized spacial score (nSPS) is 16.6. The van der Waals surface area contributed by atoms with E-state index >= 15 is 0 Å². The molecule has 0 radical (unpaired) electrons. The lowest BCUT2D eigenvalue weighted by Crippen LogP contribution is -2.30. The molecule has 2 aliphatic rings. The number of rotatable bonds is 8. The minimum atomic E-state index is -4.20. The van der Waals surface area contributed by atoms with Gasteiger partial charge in [0.25, 0.3) is 0 Å². The molecule has 1 amide bonds. The van der Waals surface area contributed by atoms with Gasteiger partial charge in [0.15, 0.2) is 0 Å². The summed E-state index contributed by atoms with van der Waals surface area (Å²) in [5, 5.41) is 2.98. The smallest absolute Gasteiger partial charge is 0.392 e. The van der Waals surface area contributed by atoms with Gasteiger partial charge in [0, 0.05) is 32.1 Å². The first-order chi connectivity index (χ1) is 14.9. The molecule has 1 saturated carbocycles. The van der Waals surface area contributed by atoms with Crippen molar-refractivity contribution in [3.8, 4) is 5.75 Å². The number of alkyl halides is 3. The van der Waals surface area contributed by atoms with Gasteiger partial charge >= 0.3 is 6.18 Å². The second-order valence-corrected chi connectivity index (χ2v) is 8.41. The number of fused-ring (bicyclic) bond motifs is 1. The highest BCUT2D eigenvalue weighted by Gasteiger charge is 2.29. The van der Waals surface area contributed by atoms with E-state index in [9.17, 15) is 18.0 Å². The third kappa shape index (κ3) is 6.47. The van der Waals surface area contributed by atoms with E-state index in [1.807, 2.05) is 12.1 Å². The number of amides is 1. The fraction of sp³-hybridized carbons (Fsp3) is 0.458. The Labute approximate surface area is 180 Å². The van der Waals surface area contributed by atoms with Crippen molar-refractivity contribution in [2.24, 2.45) is 5.92 Å². The lowest BCUT2D eigenvalue weighted by Gasteiger charge is -2.29. The SMILES string of the molecule is O=C(NCc1ccc(CN2CCc3cc(OCCC(F)(F)F)ccc3C2)cc1)C1CC1. The van der Waals surface area contributed by atoms with E-state index in [0.717, 1.165) is 50.0 Å². The molecule has 1 aliphatic carbocycles. The topological polar surface area (TPSA) is 41.6 Å². The van der Waals surface area contributed by atoms with Crippen LogP contribution in [0.15, 0.2) is 42.5 Å². The highest BCUT2D eigenvalue weighted by molar-refractivity contribution is 5.80. The van der Waals surface area contributed by atoms with Gasteiger partial charge < -0.3 is 10.1 Å². The van der Waals surface area contributed by atoms with E-state index in [4.69, 9.17) is 4.74 Å². The van der Waals surface area contributed by atoms with Crippen molar-refractivity contribution < 1.29 is 22.7 Å². The molecule has 1 aliphatic heterocycles. The molecule has 0 aromatic heterocycles. The molecule has 0 unspecified atom stereocenters. The van der Waals surface area contributed by atoms with Gasteiger partial charge in [-0.1, -0.05) is 30.3 Å². The number of carbonyl (C=O) groups is 1. The fourth-order valence-corrected chi connectivity index (χ4v) is 3.80. The van der Waals surface area contributed by atoms with Crippen LogP contribution in [0.25, 0.3) is 0 Å². The quantitative estimate of drug-likeness (QED) is 0.663. The molecule has 2 aromatic rings. The maximum atomic E-state index is 12.3. The number of hydrogen-bond acceptors (Lipinski definition) is 3. The molecule has 166 valence electrons. The highest BCUT2D eigenvalue weighted by atomic mass is 19.4. The van der Waals surface area contributed by atoms with E-state index in [0.29, 0.717) is 12.3 Å². The van der Waals surface area contributed by atoms with E-state index in [1.165, 1.54) is 11.1 Å². The largest absolute Gasteiger partial charge is 0.493 e. The summed E-state index contributed by atoms with van der Waals surface area (Å²) in [5.41, 5.74) is 4.64. The van der Waals surface area contributed by atoms with Crippen LogP contribution in [-0.2, 0) is 30.8 Å². The zero-order chi connectivity index (χ0) is 21.8. The maximum absolute atomic E-state index is 12.3. The average molecular weight is 432 g/mol. The van der Waals surface area contributed by atoms with Crippen LogP contribution in [0, 0.1) is 5.92 Å².